The van der Waals surface area contributed by atoms with E-state index in [-0.39, 0.29) is 0 Å². The van der Waals surface area contributed by atoms with E-state index in [1.54, 1.807) is 0 Å². The Kier molecular flexibility index (Phi) is 4.26. The zero-order valence-corrected chi connectivity index (χ0v) is 7.89. The predicted molar refractivity (Wildman–Crippen MR) is 52.1 cm³/mol. The maximum absolute atomic E-state index is 5.58. The number of nitrogens with zero attached hydrogens (tertiary/aromatic N) is 1. The summed E-state index contributed by atoms with van der Waals surface area (Å²) in [4.78, 5) is 2.49. The van der Waals surface area contributed by atoms with Crippen LogP contribution < -0.4 is 5.73 Å². The molecule has 1 heterocycles. The van der Waals surface area contributed by atoms with Crippen LogP contribution in [0.4, 0.5) is 0 Å². The van der Waals surface area contributed by atoms with Crippen molar-refractivity contribution in [2.24, 2.45) is 11.7 Å². The summed E-state index contributed by atoms with van der Waals surface area (Å²) in [6.45, 7) is 4.53. The van der Waals surface area contributed by atoms with Crippen molar-refractivity contribution in [3.8, 4) is 0 Å². The quantitative estimate of drug-likeness (QED) is 0.611. The van der Waals surface area contributed by atoms with E-state index in [9.17, 15) is 0 Å². The minimum absolute atomic E-state index is 0.759. The molecule has 1 unspecified atom stereocenters. The van der Waals surface area contributed by atoms with E-state index in [2.05, 4.69) is 17.5 Å². The molecule has 0 amide bonds. The van der Waals surface area contributed by atoms with Crippen molar-refractivity contribution in [2.45, 2.75) is 12.8 Å². The van der Waals surface area contributed by atoms with Crippen molar-refractivity contribution in [3.05, 3.63) is 0 Å². The van der Waals surface area contributed by atoms with Crippen LogP contribution in [0.2, 0.25) is 0 Å². The highest BCUT2D eigenvalue weighted by molar-refractivity contribution is 7.80. The molecule has 0 bridgehead atoms. The van der Waals surface area contributed by atoms with E-state index >= 15 is 0 Å². The van der Waals surface area contributed by atoms with Gasteiger partial charge in [0.05, 0.1) is 0 Å². The van der Waals surface area contributed by atoms with Gasteiger partial charge in [-0.3, -0.25) is 0 Å². The lowest BCUT2D eigenvalue weighted by Crippen LogP contribution is -2.24. The van der Waals surface area contributed by atoms with Gasteiger partial charge in [-0.05, 0) is 44.1 Å². The lowest BCUT2D eigenvalue weighted by molar-refractivity contribution is 0.327. The Hall–Kier alpha value is 0.270. The van der Waals surface area contributed by atoms with Crippen molar-refractivity contribution < 1.29 is 0 Å². The highest BCUT2D eigenvalue weighted by Gasteiger charge is 2.19. The molecule has 2 nitrogen and oxygen atoms in total. The zero-order chi connectivity index (χ0) is 8.10. The van der Waals surface area contributed by atoms with Crippen LogP contribution in [-0.2, 0) is 0 Å². The maximum Gasteiger partial charge on any atom is 0.00222 e. The molecular formula is C8H18N2S. The zero-order valence-electron chi connectivity index (χ0n) is 7.00. The molecule has 1 aliphatic rings. The molecule has 1 atom stereocenters. The lowest BCUT2D eigenvalue weighted by Gasteiger charge is -2.14. The van der Waals surface area contributed by atoms with Gasteiger partial charge in [0, 0.05) is 6.54 Å². The van der Waals surface area contributed by atoms with Crippen molar-refractivity contribution in [2.75, 3.05) is 31.9 Å². The molecule has 0 aliphatic carbocycles. The monoisotopic (exact) mass is 174 g/mol. The summed E-state index contributed by atoms with van der Waals surface area (Å²) in [6, 6.07) is 0. The summed E-state index contributed by atoms with van der Waals surface area (Å²) in [5.74, 6) is 1.76. The molecule has 2 N–H and O–H groups in total. The first-order valence-electron chi connectivity index (χ1n) is 4.40. The third-order valence-corrected chi connectivity index (χ3v) is 2.65. The Morgan fingerprint density at radius 3 is 2.91 bits per heavy atom. The Morgan fingerprint density at radius 1 is 1.55 bits per heavy atom. The number of nitrogens with two attached hydrogens (primary N) is 1. The third-order valence-electron chi connectivity index (χ3n) is 2.34. The van der Waals surface area contributed by atoms with E-state index < -0.39 is 0 Å². The second-order valence-electron chi connectivity index (χ2n) is 3.27. The van der Waals surface area contributed by atoms with Crippen molar-refractivity contribution in [1.82, 2.24) is 4.90 Å². The van der Waals surface area contributed by atoms with E-state index in [0.29, 0.717) is 0 Å². The minimum Gasteiger partial charge on any atom is -0.330 e. The molecule has 0 spiro atoms. The SMILES string of the molecule is NCC1CCN(CCCS)C1. The number of rotatable bonds is 4. The molecule has 0 aromatic heterocycles. The molecule has 3 heteroatoms. The maximum atomic E-state index is 5.58. The normalized spacial score (nSPS) is 26.2. The fourth-order valence-corrected chi connectivity index (χ4v) is 1.74. The number of hydrogen-bond donors (Lipinski definition) is 2. The largest absolute Gasteiger partial charge is 0.330 e. The summed E-state index contributed by atoms with van der Waals surface area (Å²) in [7, 11) is 0. The van der Waals surface area contributed by atoms with Gasteiger partial charge in [0.15, 0.2) is 0 Å². The lowest BCUT2D eigenvalue weighted by atomic mass is 10.1. The van der Waals surface area contributed by atoms with Crippen LogP contribution in [0.3, 0.4) is 0 Å². The molecule has 0 radical (unpaired) electrons. The highest BCUT2D eigenvalue weighted by Crippen LogP contribution is 2.14. The van der Waals surface area contributed by atoms with Crippen molar-refractivity contribution in [3.63, 3.8) is 0 Å². The molecule has 11 heavy (non-hydrogen) atoms. The van der Waals surface area contributed by atoms with Crippen LogP contribution in [0.1, 0.15) is 12.8 Å². The summed E-state index contributed by atoms with van der Waals surface area (Å²) in [5.41, 5.74) is 5.58. The predicted octanol–water partition coefficient (Wildman–Crippen LogP) is 0.587. The molecule has 66 valence electrons. The van der Waals surface area contributed by atoms with Gasteiger partial charge in [-0.15, -0.1) is 0 Å². The van der Waals surface area contributed by atoms with E-state index in [0.717, 1.165) is 18.2 Å². The second-order valence-corrected chi connectivity index (χ2v) is 3.72. The number of thiol groups is 1. The molecule has 0 saturated carbocycles. The smallest absolute Gasteiger partial charge is 0.00222 e. The molecular weight excluding hydrogens is 156 g/mol. The summed E-state index contributed by atoms with van der Waals surface area (Å²) >= 11 is 4.19. The summed E-state index contributed by atoms with van der Waals surface area (Å²) < 4.78 is 0. The fourth-order valence-electron chi connectivity index (χ4n) is 1.60. The number of likely N-dealkylation sites (tertiary alicyclic amines) is 1. The van der Waals surface area contributed by atoms with Gasteiger partial charge in [0.2, 0.25) is 0 Å². The number of hydrogen-bond acceptors (Lipinski definition) is 3. The first-order chi connectivity index (χ1) is 5.36. The Bertz CT molecular complexity index is 108. The van der Waals surface area contributed by atoms with Gasteiger partial charge >= 0.3 is 0 Å². The van der Waals surface area contributed by atoms with Gasteiger partial charge in [-0.25, -0.2) is 0 Å². The van der Waals surface area contributed by atoms with Crippen LogP contribution in [-0.4, -0.2) is 36.8 Å². The Balaban J connectivity index is 2.09. The minimum atomic E-state index is 0.759. The van der Waals surface area contributed by atoms with Gasteiger partial charge in [-0.2, -0.15) is 12.6 Å². The van der Waals surface area contributed by atoms with Gasteiger partial charge < -0.3 is 10.6 Å². The standard InChI is InChI=1S/C8H18N2S/c9-6-8-2-4-10(7-8)3-1-5-11/h8,11H,1-7,9H2. The van der Waals surface area contributed by atoms with Crippen LogP contribution in [0.25, 0.3) is 0 Å². The molecule has 1 aliphatic heterocycles. The first kappa shape index (κ1) is 9.36. The molecule has 1 fully saturated rings. The molecule has 0 aromatic carbocycles. The average molecular weight is 174 g/mol. The van der Waals surface area contributed by atoms with Crippen LogP contribution in [0.5, 0.6) is 0 Å². The van der Waals surface area contributed by atoms with Gasteiger partial charge in [0.25, 0.3) is 0 Å². The van der Waals surface area contributed by atoms with E-state index in [1.165, 1.54) is 32.5 Å². The van der Waals surface area contributed by atoms with Crippen LogP contribution in [0, 0.1) is 5.92 Å². The summed E-state index contributed by atoms with van der Waals surface area (Å²) in [6.07, 6.45) is 2.50. The molecule has 0 aromatic rings. The average Bonchev–Trinajstić information content (AvgIpc) is 2.48. The molecule has 1 saturated heterocycles. The van der Waals surface area contributed by atoms with Crippen molar-refractivity contribution >= 4 is 12.6 Å². The Labute approximate surface area is 74.5 Å². The Morgan fingerprint density at radius 2 is 2.36 bits per heavy atom. The summed E-state index contributed by atoms with van der Waals surface area (Å²) in [5, 5.41) is 0. The first-order valence-corrected chi connectivity index (χ1v) is 5.03. The highest BCUT2D eigenvalue weighted by atomic mass is 32.1. The fraction of sp³-hybridized carbons (Fsp3) is 1.00. The third kappa shape index (κ3) is 3.01. The van der Waals surface area contributed by atoms with Crippen LogP contribution >= 0.6 is 12.6 Å². The van der Waals surface area contributed by atoms with Gasteiger partial charge in [0.1, 0.15) is 0 Å². The van der Waals surface area contributed by atoms with Crippen LogP contribution in [0.15, 0.2) is 0 Å². The van der Waals surface area contributed by atoms with Gasteiger partial charge in [-0.1, -0.05) is 0 Å². The van der Waals surface area contributed by atoms with E-state index in [1.807, 2.05) is 0 Å². The van der Waals surface area contributed by atoms with Crippen molar-refractivity contribution in [1.29, 1.82) is 0 Å². The molecule has 1 rings (SSSR count). The van der Waals surface area contributed by atoms with E-state index in [4.69, 9.17) is 5.73 Å². The second kappa shape index (κ2) is 5.01. The topological polar surface area (TPSA) is 29.3 Å².